The third kappa shape index (κ3) is 3.67. The van der Waals surface area contributed by atoms with Gasteiger partial charge >= 0.3 is 0 Å². The Morgan fingerprint density at radius 2 is 2.15 bits per heavy atom. The van der Waals surface area contributed by atoms with Gasteiger partial charge in [-0.15, -0.1) is 0 Å². The molecular weight excluding hydrogens is 260 g/mol. The highest BCUT2D eigenvalue weighted by atomic mass is 16.6. The highest BCUT2D eigenvalue weighted by Crippen LogP contribution is 2.22. The van der Waals surface area contributed by atoms with Crippen molar-refractivity contribution in [3.8, 4) is 0 Å². The Kier molecular flexibility index (Phi) is 4.89. The van der Waals surface area contributed by atoms with Gasteiger partial charge in [0.2, 0.25) is 5.91 Å². The first-order valence-electron chi connectivity index (χ1n) is 6.64. The monoisotopic (exact) mass is 278 g/mol. The number of rotatable bonds is 4. The van der Waals surface area contributed by atoms with Gasteiger partial charge < -0.3 is 15.5 Å². The van der Waals surface area contributed by atoms with Crippen LogP contribution in [0.2, 0.25) is 0 Å². The summed E-state index contributed by atoms with van der Waals surface area (Å²) in [6, 6.07) is 6.33. The molecule has 0 bridgehead atoms. The maximum atomic E-state index is 12.1. The number of nitro benzene ring substituents is 1. The molecule has 0 unspecified atom stereocenters. The molecule has 7 heteroatoms. The average Bonchev–Trinajstić information content (AvgIpc) is 2.74. The molecule has 7 nitrogen and oxygen atoms in total. The lowest BCUT2D eigenvalue weighted by molar-refractivity contribution is -0.383. The highest BCUT2D eigenvalue weighted by molar-refractivity contribution is 5.81. The van der Waals surface area contributed by atoms with Crippen LogP contribution in [0.4, 0.5) is 11.4 Å². The normalized spacial score (nSPS) is 15.5. The minimum absolute atomic E-state index is 0.0159. The molecule has 0 atom stereocenters. The van der Waals surface area contributed by atoms with Crippen molar-refractivity contribution in [1.29, 1.82) is 0 Å². The van der Waals surface area contributed by atoms with E-state index in [1.54, 1.807) is 23.1 Å². The number of amides is 1. The maximum absolute atomic E-state index is 12.1. The van der Waals surface area contributed by atoms with E-state index in [9.17, 15) is 14.9 Å². The number of hydrogen-bond donors (Lipinski definition) is 2. The molecule has 1 amide bonds. The van der Waals surface area contributed by atoms with E-state index in [1.807, 2.05) is 0 Å². The molecular formula is C13H18N4O3. The van der Waals surface area contributed by atoms with Crippen LogP contribution in [0.5, 0.6) is 0 Å². The van der Waals surface area contributed by atoms with Crippen LogP contribution >= 0.6 is 0 Å². The molecule has 0 aliphatic carbocycles. The Labute approximate surface area is 117 Å². The van der Waals surface area contributed by atoms with E-state index in [1.165, 1.54) is 6.07 Å². The van der Waals surface area contributed by atoms with Crippen LogP contribution in [0.1, 0.15) is 6.42 Å². The van der Waals surface area contributed by atoms with Gasteiger partial charge in [-0.05, 0) is 19.0 Å². The van der Waals surface area contributed by atoms with Gasteiger partial charge in [0.05, 0.1) is 11.5 Å². The molecule has 20 heavy (non-hydrogen) atoms. The average molecular weight is 278 g/mol. The van der Waals surface area contributed by atoms with Crippen LogP contribution in [-0.2, 0) is 4.79 Å². The summed E-state index contributed by atoms with van der Waals surface area (Å²) in [5.74, 6) is -0.0353. The number of carbonyl (C=O) groups excluding carboxylic acids is 1. The molecule has 1 aromatic carbocycles. The van der Waals surface area contributed by atoms with E-state index in [0.29, 0.717) is 12.2 Å². The first-order chi connectivity index (χ1) is 9.68. The fourth-order valence-corrected chi connectivity index (χ4v) is 2.16. The second-order valence-corrected chi connectivity index (χ2v) is 4.61. The van der Waals surface area contributed by atoms with Crippen molar-refractivity contribution in [3.05, 3.63) is 34.4 Å². The van der Waals surface area contributed by atoms with Crippen molar-refractivity contribution in [2.75, 3.05) is 38.0 Å². The molecule has 0 saturated carbocycles. The second kappa shape index (κ2) is 6.85. The third-order valence-corrected chi connectivity index (χ3v) is 3.22. The van der Waals surface area contributed by atoms with Crippen molar-refractivity contribution in [3.63, 3.8) is 0 Å². The molecule has 108 valence electrons. The predicted octanol–water partition coefficient (Wildman–Crippen LogP) is 0.829. The Balaban J connectivity index is 1.94. The molecule has 1 aromatic rings. The molecule has 1 heterocycles. The summed E-state index contributed by atoms with van der Waals surface area (Å²) in [6.07, 6.45) is 0.928. The fourth-order valence-electron chi connectivity index (χ4n) is 2.16. The minimum Gasteiger partial charge on any atom is -0.371 e. The van der Waals surface area contributed by atoms with E-state index in [2.05, 4.69) is 10.6 Å². The molecule has 2 N–H and O–H groups in total. The van der Waals surface area contributed by atoms with Crippen molar-refractivity contribution in [2.24, 2.45) is 0 Å². The highest BCUT2D eigenvalue weighted by Gasteiger charge is 2.17. The maximum Gasteiger partial charge on any atom is 0.292 e. The summed E-state index contributed by atoms with van der Waals surface area (Å²) in [7, 11) is 0. The van der Waals surface area contributed by atoms with Crippen LogP contribution < -0.4 is 10.6 Å². The summed E-state index contributed by atoms with van der Waals surface area (Å²) in [5, 5.41) is 17.0. The topological polar surface area (TPSA) is 87.5 Å². The van der Waals surface area contributed by atoms with Gasteiger partial charge in [-0.2, -0.15) is 0 Å². The molecule has 2 rings (SSSR count). The summed E-state index contributed by atoms with van der Waals surface area (Å²) >= 11 is 0. The molecule has 1 aliphatic heterocycles. The summed E-state index contributed by atoms with van der Waals surface area (Å²) < 4.78 is 0. The minimum atomic E-state index is -0.456. The number of anilines is 1. The van der Waals surface area contributed by atoms with Crippen molar-refractivity contribution in [2.45, 2.75) is 6.42 Å². The lowest BCUT2D eigenvalue weighted by Gasteiger charge is -2.20. The second-order valence-electron chi connectivity index (χ2n) is 4.61. The van der Waals surface area contributed by atoms with Crippen LogP contribution in [0.25, 0.3) is 0 Å². The Morgan fingerprint density at radius 3 is 2.95 bits per heavy atom. The van der Waals surface area contributed by atoms with Crippen molar-refractivity contribution in [1.82, 2.24) is 10.2 Å². The summed E-state index contributed by atoms with van der Waals surface area (Å²) in [6.45, 7) is 3.19. The zero-order valence-electron chi connectivity index (χ0n) is 11.2. The predicted molar refractivity (Wildman–Crippen MR) is 75.7 cm³/mol. The van der Waals surface area contributed by atoms with Gasteiger partial charge in [-0.3, -0.25) is 14.9 Å². The summed E-state index contributed by atoms with van der Waals surface area (Å²) in [5.41, 5.74) is 0.358. The van der Waals surface area contributed by atoms with Gasteiger partial charge in [0, 0.05) is 25.7 Å². The standard InChI is InChI=1S/C13H18N4O3/c18-13(16-8-3-6-14-7-9-16)10-15-11-4-1-2-5-12(11)17(19)20/h1-2,4-5,14-15H,3,6-10H2. The van der Waals surface area contributed by atoms with Crippen LogP contribution in [-0.4, -0.2) is 48.5 Å². The van der Waals surface area contributed by atoms with Gasteiger partial charge in [0.25, 0.3) is 5.69 Å². The van der Waals surface area contributed by atoms with Crippen LogP contribution in [0.15, 0.2) is 24.3 Å². The number of nitrogens with zero attached hydrogens (tertiary/aromatic N) is 2. The van der Waals surface area contributed by atoms with Crippen LogP contribution in [0.3, 0.4) is 0 Å². The van der Waals surface area contributed by atoms with Gasteiger partial charge in [-0.1, -0.05) is 12.1 Å². The zero-order chi connectivity index (χ0) is 14.4. The molecule has 0 radical (unpaired) electrons. The Hall–Kier alpha value is -2.15. The first-order valence-corrected chi connectivity index (χ1v) is 6.64. The van der Waals surface area contributed by atoms with E-state index >= 15 is 0 Å². The van der Waals surface area contributed by atoms with E-state index in [4.69, 9.17) is 0 Å². The lowest BCUT2D eigenvalue weighted by atomic mass is 10.2. The zero-order valence-corrected chi connectivity index (χ0v) is 11.2. The molecule has 0 aromatic heterocycles. The Bertz CT molecular complexity index is 484. The first kappa shape index (κ1) is 14.3. The SMILES string of the molecule is O=C(CNc1ccccc1[N+](=O)[O-])N1CCCNCC1. The third-order valence-electron chi connectivity index (χ3n) is 3.22. The van der Waals surface area contributed by atoms with Crippen LogP contribution in [0, 0.1) is 10.1 Å². The molecule has 1 saturated heterocycles. The quantitative estimate of drug-likeness (QED) is 0.629. The smallest absolute Gasteiger partial charge is 0.292 e. The molecule has 0 spiro atoms. The summed E-state index contributed by atoms with van der Waals surface area (Å²) in [4.78, 5) is 24.3. The number of nitro groups is 1. The molecule has 1 fully saturated rings. The Morgan fingerprint density at radius 1 is 1.35 bits per heavy atom. The van der Waals surface area contributed by atoms with E-state index < -0.39 is 4.92 Å². The number of para-hydroxylation sites is 2. The number of benzene rings is 1. The fraction of sp³-hybridized carbons (Fsp3) is 0.462. The number of hydrogen-bond acceptors (Lipinski definition) is 5. The number of carbonyl (C=O) groups is 1. The molecule has 1 aliphatic rings. The van der Waals surface area contributed by atoms with Crippen molar-refractivity contribution < 1.29 is 9.72 Å². The van der Waals surface area contributed by atoms with Gasteiger partial charge in [-0.25, -0.2) is 0 Å². The largest absolute Gasteiger partial charge is 0.371 e. The van der Waals surface area contributed by atoms with Gasteiger partial charge in [0.1, 0.15) is 5.69 Å². The van der Waals surface area contributed by atoms with E-state index in [-0.39, 0.29) is 18.1 Å². The van der Waals surface area contributed by atoms with Gasteiger partial charge in [0.15, 0.2) is 0 Å². The van der Waals surface area contributed by atoms with Crippen molar-refractivity contribution >= 4 is 17.3 Å². The lowest BCUT2D eigenvalue weighted by Crippen LogP contribution is -2.38. The van der Waals surface area contributed by atoms with E-state index in [0.717, 1.165) is 26.1 Å². The number of nitrogens with one attached hydrogen (secondary N) is 2.